The van der Waals surface area contributed by atoms with Crippen molar-refractivity contribution in [3.8, 4) is 0 Å². The van der Waals surface area contributed by atoms with Gasteiger partial charge in [-0.05, 0) is 44.1 Å². The second-order valence-corrected chi connectivity index (χ2v) is 6.96. The Morgan fingerprint density at radius 2 is 2.17 bits per heavy atom. The molecule has 0 aromatic heterocycles. The number of nitrogens with one attached hydrogen (secondary N) is 1. The summed E-state index contributed by atoms with van der Waals surface area (Å²) in [5.41, 5.74) is 7.19. The van der Waals surface area contributed by atoms with Gasteiger partial charge in [0.2, 0.25) is 5.91 Å². The van der Waals surface area contributed by atoms with Crippen molar-refractivity contribution < 1.29 is 9.59 Å². The molecular weight excluding hydrogens is 290 g/mol. The molecular formula is C18H25N3O2. The highest BCUT2D eigenvalue weighted by molar-refractivity contribution is 5.91. The van der Waals surface area contributed by atoms with E-state index in [9.17, 15) is 9.59 Å². The van der Waals surface area contributed by atoms with Gasteiger partial charge < -0.3 is 16.0 Å². The summed E-state index contributed by atoms with van der Waals surface area (Å²) in [7, 11) is 0. The van der Waals surface area contributed by atoms with Crippen LogP contribution in [-0.4, -0.2) is 36.5 Å². The summed E-state index contributed by atoms with van der Waals surface area (Å²) in [5.74, 6) is 0.556. The van der Waals surface area contributed by atoms with Crippen LogP contribution < -0.4 is 11.1 Å². The molecule has 3 rings (SSSR count). The first-order valence-corrected chi connectivity index (χ1v) is 8.41. The van der Waals surface area contributed by atoms with Gasteiger partial charge in [-0.15, -0.1) is 0 Å². The number of carbonyl (C=O) groups excluding carboxylic acids is 2. The predicted octanol–water partition coefficient (Wildman–Crippen LogP) is 1.93. The maximum atomic E-state index is 13.1. The molecule has 1 aromatic rings. The predicted molar refractivity (Wildman–Crippen MR) is 89.0 cm³/mol. The average Bonchev–Trinajstić information content (AvgIpc) is 3.34. The number of aryl methyl sites for hydroxylation is 1. The molecule has 1 saturated heterocycles. The smallest absolute Gasteiger partial charge is 0.312 e. The van der Waals surface area contributed by atoms with E-state index in [0.29, 0.717) is 19.0 Å². The summed E-state index contributed by atoms with van der Waals surface area (Å²) >= 11 is 0. The number of benzene rings is 1. The molecule has 1 aliphatic heterocycles. The average molecular weight is 315 g/mol. The molecule has 0 radical (unpaired) electrons. The number of nitrogens with zero attached hydrogens (tertiary/aromatic N) is 1. The molecule has 3 N–H and O–H groups in total. The van der Waals surface area contributed by atoms with Gasteiger partial charge in [-0.1, -0.05) is 29.8 Å². The number of amides is 3. The molecule has 3 amide bonds. The number of urea groups is 1. The number of likely N-dealkylation sites (tertiary alicyclic amines) is 1. The minimum atomic E-state index is -0.494. The second-order valence-electron chi connectivity index (χ2n) is 6.96. The lowest BCUT2D eigenvalue weighted by atomic mass is 9.90. The van der Waals surface area contributed by atoms with E-state index in [1.807, 2.05) is 11.0 Å². The van der Waals surface area contributed by atoms with Crippen molar-refractivity contribution >= 4 is 11.9 Å². The first-order valence-electron chi connectivity index (χ1n) is 8.41. The van der Waals surface area contributed by atoms with Crippen LogP contribution in [0.3, 0.4) is 0 Å². The third-order valence-electron chi connectivity index (χ3n) is 5.10. The van der Waals surface area contributed by atoms with Crippen molar-refractivity contribution in [2.24, 2.45) is 11.7 Å². The Morgan fingerprint density at radius 3 is 2.83 bits per heavy atom. The van der Waals surface area contributed by atoms with Gasteiger partial charge in [0.1, 0.15) is 0 Å². The molecule has 5 heteroatoms. The second kappa shape index (κ2) is 6.22. The minimum absolute atomic E-state index is 0.256. The van der Waals surface area contributed by atoms with Crippen molar-refractivity contribution in [1.82, 2.24) is 10.2 Å². The van der Waals surface area contributed by atoms with E-state index in [-0.39, 0.29) is 11.3 Å². The lowest BCUT2D eigenvalue weighted by Crippen LogP contribution is -2.47. The molecule has 5 nitrogen and oxygen atoms in total. The van der Waals surface area contributed by atoms with E-state index in [0.717, 1.165) is 37.8 Å². The van der Waals surface area contributed by atoms with Crippen LogP contribution >= 0.6 is 0 Å². The standard InChI is InChI=1S/C18H25N3O2/c1-13-4-2-6-15(10-13)18(7-8-18)16(22)21-9-3-5-14(12-21)11-20-17(19)23/h2,4,6,10,14H,3,5,7-9,11-12H2,1H3,(H3,19,20,23)/t14-/m1/s1. The third-order valence-corrected chi connectivity index (χ3v) is 5.10. The summed E-state index contributed by atoms with van der Waals surface area (Å²) in [6, 6.07) is 7.83. The molecule has 124 valence electrons. The SMILES string of the molecule is Cc1cccc(C2(C(=O)N3CCC[C@H](CNC(N)=O)C3)CC2)c1. The Labute approximate surface area is 137 Å². The van der Waals surface area contributed by atoms with Crippen LogP contribution in [0.15, 0.2) is 24.3 Å². The molecule has 1 saturated carbocycles. The van der Waals surface area contributed by atoms with Crippen LogP contribution in [0, 0.1) is 12.8 Å². The number of carbonyl (C=O) groups is 2. The van der Waals surface area contributed by atoms with Gasteiger partial charge in [-0.2, -0.15) is 0 Å². The Hall–Kier alpha value is -2.04. The first kappa shape index (κ1) is 15.8. The maximum absolute atomic E-state index is 13.1. The summed E-state index contributed by atoms with van der Waals surface area (Å²) in [5, 5.41) is 2.67. The molecule has 1 atom stereocenters. The molecule has 23 heavy (non-hydrogen) atoms. The van der Waals surface area contributed by atoms with Crippen LogP contribution in [0.2, 0.25) is 0 Å². The Balaban J connectivity index is 1.69. The number of hydrogen-bond acceptors (Lipinski definition) is 2. The van der Waals surface area contributed by atoms with Gasteiger partial charge in [-0.25, -0.2) is 4.79 Å². The quantitative estimate of drug-likeness (QED) is 0.891. The highest BCUT2D eigenvalue weighted by atomic mass is 16.2. The van der Waals surface area contributed by atoms with Crippen molar-refractivity contribution in [2.75, 3.05) is 19.6 Å². The highest BCUT2D eigenvalue weighted by Crippen LogP contribution is 2.50. The van der Waals surface area contributed by atoms with E-state index in [2.05, 4.69) is 30.4 Å². The van der Waals surface area contributed by atoms with E-state index >= 15 is 0 Å². The van der Waals surface area contributed by atoms with Crippen LogP contribution in [-0.2, 0) is 10.2 Å². The van der Waals surface area contributed by atoms with Crippen LogP contribution in [0.4, 0.5) is 4.79 Å². The Kier molecular flexibility index (Phi) is 4.28. The largest absolute Gasteiger partial charge is 0.352 e. The van der Waals surface area contributed by atoms with Gasteiger partial charge in [-0.3, -0.25) is 4.79 Å². The monoisotopic (exact) mass is 315 g/mol. The number of piperidine rings is 1. The molecule has 1 aromatic carbocycles. The normalized spacial score (nSPS) is 22.5. The van der Waals surface area contributed by atoms with Gasteiger partial charge in [0.05, 0.1) is 5.41 Å². The van der Waals surface area contributed by atoms with E-state index in [4.69, 9.17) is 5.73 Å². The third kappa shape index (κ3) is 3.33. The lowest BCUT2D eigenvalue weighted by Gasteiger charge is -2.35. The fraction of sp³-hybridized carbons (Fsp3) is 0.556. The summed E-state index contributed by atoms with van der Waals surface area (Å²) in [6.45, 7) is 4.15. The fourth-order valence-electron chi connectivity index (χ4n) is 3.66. The summed E-state index contributed by atoms with van der Waals surface area (Å²) in [4.78, 5) is 26.0. The number of hydrogen-bond donors (Lipinski definition) is 2. The van der Waals surface area contributed by atoms with E-state index in [1.165, 1.54) is 5.56 Å². The zero-order valence-electron chi connectivity index (χ0n) is 13.7. The van der Waals surface area contributed by atoms with Crippen molar-refractivity contribution in [1.29, 1.82) is 0 Å². The number of primary amides is 1. The topological polar surface area (TPSA) is 75.4 Å². The molecule has 1 aliphatic carbocycles. The van der Waals surface area contributed by atoms with Gasteiger partial charge in [0, 0.05) is 19.6 Å². The van der Waals surface area contributed by atoms with E-state index < -0.39 is 6.03 Å². The minimum Gasteiger partial charge on any atom is -0.352 e. The Morgan fingerprint density at radius 1 is 1.39 bits per heavy atom. The molecule has 1 heterocycles. The Bertz CT molecular complexity index is 610. The van der Waals surface area contributed by atoms with Crippen LogP contribution in [0.1, 0.15) is 36.8 Å². The molecule has 2 fully saturated rings. The zero-order valence-corrected chi connectivity index (χ0v) is 13.7. The van der Waals surface area contributed by atoms with Crippen LogP contribution in [0.25, 0.3) is 0 Å². The lowest BCUT2D eigenvalue weighted by molar-refractivity contribution is -0.135. The fourth-order valence-corrected chi connectivity index (χ4v) is 3.66. The molecule has 0 bridgehead atoms. The highest BCUT2D eigenvalue weighted by Gasteiger charge is 2.53. The van der Waals surface area contributed by atoms with Crippen molar-refractivity contribution in [2.45, 2.75) is 38.0 Å². The van der Waals surface area contributed by atoms with Crippen LogP contribution in [0.5, 0.6) is 0 Å². The molecule has 2 aliphatic rings. The van der Waals surface area contributed by atoms with Crippen molar-refractivity contribution in [3.63, 3.8) is 0 Å². The van der Waals surface area contributed by atoms with E-state index in [1.54, 1.807) is 0 Å². The number of rotatable bonds is 4. The van der Waals surface area contributed by atoms with Gasteiger partial charge in [0.25, 0.3) is 0 Å². The van der Waals surface area contributed by atoms with Crippen molar-refractivity contribution in [3.05, 3.63) is 35.4 Å². The summed E-state index contributed by atoms with van der Waals surface area (Å²) in [6.07, 6.45) is 3.90. The summed E-state index contributed by atoms with van der Waals surface area (Å²) < 4.78 is 0. The molecule has 0 unspecified atom stereocenters. The maximum Gasteiger partial charge on any atom is 0.312 e. The number of nitrogens with two attached hydrogens (primary N) is 1. The molecule has 0 spiro atoms. The zero-order chi connectivity index (χ0) is 16.4. The van der Waals surface area contributed by atoms with Gasteiger partial charge >= 0.3 is 6.03 Å². The van der Waals surface area contributed by atoms with Gasteiger partial charge in [0.15, 0.2) is 0 Å². The first-order chi connectivity index (χ1) is 11.0.